The minimum absolute atomic E-state index is 0.0285. The lowest BCUT2D eigenvalue weighted by molar-refractivity contribution is -0.116. The Labute approximate surface area is 130 Å². The second kappa shape index (κ2) is 7.08. The Hall–Kier alpha value is -1.64. The predicted octanol–water partition coefficient (Wildman–Crippen LogP) is 0.684. The van der Waals surface area contributed by atoms with Crippen molar-refractivity contribution in [2.45, 2.75) is 30.2 Å². The fraction of sp³-hybridized carbons (Fsp3) is 0.500. The predicted molar refractivity (Wildman–Crippen MR) is 83.5 cm³/mol. The highest BCUT2D eigenvalue weighted by Crippen LogP contribution is 2.29. The molecule has 22 heavy (non-hydrogen) atoms. The Morgan fingerprint density at radius 2 is 2.09 bits per heavy atom. The van der Waals surface area contributed by atoms with Gasteiger partial charge in [0.2, 0.25) is 15.9 Å². The van der Waals surface area contributed by atoms with Gasteiger partial charge in [0.15, 0.2) is 0 Å². The van der Waals surface area contributed by atoms with Crippen molar-refractivity contribution in [3.8, 4) is 5.75 Å². The number of hydrogen-bond acceptors (Lipinski definition) is 5. The third-order valence-electron chi connectivity index (χ3n) is 3.26. The SMILES string of the molecule is CNCCC(=O)Nc1cc(S(=O)(=O)NC2CC2)ccc1OC. The van der Waals surface area contributed by atoms with Crippen molar-refractivity contribution in [1.82, 2.24) is 10.0 Å². The third-order valence-corrected chi connectivity index (χ3v) is 4.77. The van der Waals surface area contributed by atoms with E-state index in [0.717, 1.165) is 12.8 Å². The van der Waals surface area contributed by atoms with Gasteiger partial charge in [-0.25, -0.2) is 13.1 Å². The average molecular weight is 327 g/mol. The molecule has 7 nitrogen and oxygen atoms in total. The number of carbonyl (C=O) groups is 1. The van der Waals surface area contributed by atoms with Crippen molar-refractivity contribution in [3.63, 3.8) is 0 Å². The first-order valence-corrected chi connectivity index (χ1v) is 8.59. The number of hydrogen-bond donors (Lipinski definition) is 3. The zero-order chi connectivity index (χ0) is 16.2. The number of rotatable bonds is 8. The number of amides is 1. The first-order chi connectivity index (χ1) is 10.5. The molecule has 1 aromatic rings. The van der Waals surface area contributed by atoms with Gasteiger partial charge in [-0.3, -0.25) is 4.79 Å². The standard InChI is InChI=1S/C14H21N3O4S/c1-15-8-7-14(18)16-12-9-11(5-6-13(12)21-2)22(19,20)17-10-3-4-10/h5-6,9-10,15,17H,3-4,7-8H2,1-2H3,(H,16,18). The molecule has 0 heterocycles. The molecule has 0 atom stereocenters. The second-order valence-electron chi connectivity index (χ2n) is 5.16. The summed E-state index contributed by atoms with van der Waals surface area (Å²) in [7, 11) is -0.344. The zero-order valence-electron chi connectivity index (χ0n) is 12.7. The zero-order valence-corrected chi connectivity index (χ0v) is 13.5. The van der Waals surface area contributed by atoms with Gasteiger partial charge in [0.25, 0.3) is 0 Å². The maximum Gasteiger partial charge on any atom is 0.240 e. The van der Waals surface area contributed by atoms with Crippen molar-refractivity contribution in [2.75, 3.05) is 26.0 Å². The molecule has 1 aliphatic rings. The summed E-state index contributed by atoms with van der Waals surface area (Å²) in [5, 5.41) is 5.56. The van der Waals surface area contributed by atoms with E-state index in [-0.39, 0.29) is 23.3 Å². The fourth-order valence-electron chi connectivity index (χ4n) is 1.89. The van der Waals surface area contributed by atoms with Gasteiger partial charge in [-0.05, 0) is 38.1 Å². The second-order valence-corrected chi connectivity index (χ2v) is 6.87. The molecule has 1 fully saturated rings. The lowest BCUT2D eigenvalue weighted by atomic mass is 10.2. The Bertz CT molecular complexity index is 641. The van der Waals surface area contributed by atoms with Crippen LogP contribution in [-0.2, 0) is 14.8 Å². The number of methoxy groups -OCH3 is 1. The minimum Gasteiger partial charge on any atom is -0.495 e. The van der Waals surface area contributed by atoms with Crippen LogP contribution in [-0.4, -0.2) is 41.1 Å². The van der Waals surface area contributed by atoms with Crippen LogP contribution in [0.4, 0.5) is 5.69 Å². The van der Waals surface area contributed by atoms with Crippen LogP contribution in [0.15, 0.2) is 23.1 Å². The first kappa shape index (κ1) is 16.7. The van der Waals surface area contributed by atoms with E-state index < -0.39 is 10.0 Å². The molecule has 0 unspecified atom stereocenters. The molecule has 0 aliphatic heterocycles. The lowest BCUT2D eigenvalue weighted by Gasteiger charge is -2.13. The summed E-state index contributed by atoms with van der Waals surface area (Å²) in [5.74, 6) is 0.209. The number of anilines is 1. The summed E-state index contributed by atoms with van der Waals surface area (Å²) in [6, 6.07) is 4.45. The van der Waals surface area contributed by atoms with Gasteiger partial charge in [0.05, 0.1) is 17.7 Å². The molecular weight excluding hydrogens is 306 g/mol. The quantitative estimate of drug-likeness (QED) is 0.652. The van der Waals surface area contributed by atoms with Crippen molar-refractivity contribution in [2.24, 2.45) is 0 Å². The molecule has 0 spiro atoms. The highest BCUT2D eigenvalue weighted by Gasteiger charge is 2.28. The number of benzene rings is 1. The normalized spacial score (nSPS) is 14.6. The van der Waals surface area contributed by atoms with E-state index in [1.54, 1.807) is 7.05 Å². The van der Waals surface area contributed by atoms with Crippen molar-refractivity contribution in [1.29, 1.82) is 0 Å². The van der Waals surface area contributed by atoms with E-state index in [0.29, 0.717) is 18.0 Å². The summed E-state index contributed by atoms with van der Waals surface area (Å²) in [6.07, 6.45) is 2.02. The molecule has 0 radical (unpaired) electrons. The van der Waals surface area contributed by atoms with Crippen LogP contribution in [0.2, 0.25) is 0 Å². The molecule has 1 amide bonds. The lowest BCUT2D eigenvalue weighted by Crippen LogP contribution is -2.26. The summed E-state index contributed by atoms with van der Waals surface area (Å²) >= 11 is 0. The molecule has 0 aromatic heterocycles. The van der Waals surface area contributed by atoms with Gasteiger partial charge in [-0.2, -0.15) is 0 Å². The van der Waals surface area contributed by atoms with E-state index in [1.807, 2.05) is 0 Å². The Morgan fingerprint density at radius 1 is 1.36 bits per heavy atom. The van der Waals surface area contributed by atoms with Gasteiger partial charge in [-0.15, -0.1) is 0 Å². The molecule has 1 aromatic carbocycles. The van der Waals surface area contributed by atoms with Crippen LogP contribution in [0.5, 0.6) is 5.75 Å². The number of sulfonamides is 1. The topological polar surface area (TPSA) is 96.5 Å². The number of nitrogens with one attached hydrogen (secondary N) is 3. The van der Waals surface area contributed by atoms with Gasteiger partial charge in [0.1, 0.15) is 5.75 Å². The highest BCUT2D eigenvalue weighted by molar-refractivity contribution is 7.89. The maximum absolute atomic E-state index is 12.2. The smallest absolute Gasteiger partial charge is 0.240 e. The van der Waals surface area contributed by atoms with Crippen molar-refractivity contribution in [3.05, 3.63) is 18.2 Å². The molecular formula is C14H21N3O4S. The summed E-state index contributed by atoms with van der Waals surface area (Å²) in [4.78, 5) is 11.9. The number of ether oxygens (including phenoxy) is 1. The molecule has 1 saturated carbocycles. The molecule has 0 saturated heterocycles. The van der Waals surface area contributed by atoms with Crippen LogP contribution in [0.3, 0.4) is 0 Å². The van der Waals surface area contributed by atoms with E-state index in [1.165, 1.54) is 25.3 Å². The van der Waals surface area contributed by atoms with Crippen LogP contribution < -0.4 is 20.1 Å². The molecule has 8 heteroatoms. The van der Waals surface area contributed by atoms with Crippen LogP contribution in [0.1, 0.15) is 19.3 Å². The highest BCUT2D eigenvalue weighted by atomic mass is 32.2. The van der Waals surface area contributed by atoms with E-state index in [9.17, 15) is 13.2 Å². The summed E-state index contributed by atoms with van der Waals surface area (Å²) in [5.41, 5.74) is 0.349. The Balaban J connectivity index is 2.19. The minimum atomic E-state index is -3.57. The maximum atomic E-state index is 12.2. The van der Waals surface area contributed by atoms with Crippen LogP contribution in [0, 0.1) is 0 Å². The monoisotopic (exact) mass is 327 g/mol. The van der Waals surface area contributed by atoms with Gasteiger partial charge < -0.3 is 15.4 Å². The largest absolute Gasteiger partial charge is 0.495 e. The molecule has 122 valence electrons. The van der Waals surface area contributed by atoms with Crippen molar-refractivity contribution >= 4 is 21.6 Å². The van der Waals surface area contributed by atoms with E-state index in [4.69, 9.17) is 4.74 Å². The van der Waals surface area contributed by atoms with Gasteiger partial charge in [0, 0.05) is 19.0 Å². The summed E-state index contributed by atoms with van der Waals surface area (Å²) in [6.45, 7) is 0.537. The van der Waals surface area contributed by atoms with E-state index in [2.05, 4.69) is 15.4 Å². The molecule has 0 bridgehead atoms. The molecule has 1 aliphatic carbocycles. The van der Waals surface area contributed by atoms with Gasteiger partial charge >= 0.3 is 0 Å². The van der Waals surface area contributed by atoms with Crippen molar-refractivity contribution < 1.29 is 17.9 Å². The Kier molecular flexibility index (Phi) is 5.38. The third kappa shape index (κ3) is 4.43. The number of carbonyl (C=O) groups excluding carboxylic acids is 1. The first-order valence-electron chi connectivity index (χ1n) is 7.11. The molecule has 2 rings (SSSR count). The fourth-order valence-corrected chi connectivity index (χ4v) is 3.22. The summed E-state index contributed by atoms with van der Waals surface area (Å²) < 4.78 is 32.2. The van der Waals surface area contributed by atoms with Crippen LogP contribution >= 0.6 is 0 Å². The van der Waals surface area contributed by atoms with E-state index >= 15 is 0 Å². The average Bonchev–Trinajstić information content (AvgIpc) is 3.28. The molecule has 3 N–H and O–H groups in total. The van der Waals surface area contributed by atoms with Crippen LogP contribution in [0.25, 0.3) is 0 Å². The Morgan fingerprint density at radius 3 is 2.68 bits per heavy atom. The van der Waals surface area contributed by atoms with Gasteiger partial charge in [-0.1, -0.05) is 0 Å².